The smallest absolute Gasteiger partial charge is 0.548 e. The second-order valence-corrected chi connectivity index (χ2v) is 6.26. The van der Waals surface area contributed by atoms with E-state index in [0.717, 1.165) is 25.7 Å². The van der Waals surface area contributed by atoms with Gasteiger partial charge in [-0.1, -0.05) is 78.1 Å². The van der Waals surface area contributed by atoms with E-state index in [4.69, 9.17) is 11.5 Å². The van der Waals surface area contributed by atoms with Crippen LogP contribution in [0.1, 0.15) is 90.9 Å². The molecule has 25 heavy (non-hydrogen) atoms. The van der Waals surface area contributed by atoms with Crippen LogP contribution in [-0.2, 0) is 9.59 Å². The fraction of sp³-hybridized carbons (Fsp3) is 0.889. The van der Waals surface area contributed by atoms with Crippen LogP contribution in [0.15, 0.2) is 0 Å². The quantitative estimate of drug-likeness (QED) is 0.338. The molecule has 4 N–H and O–H groups in total. The molecule has 7 heteroatoms. The normalized spacial score (nSPS) is 12.3. The van der Waals surface area contributed by atoms with Gasteiger partial charge in [-0.25, -0.2) is 0 Å². The molecule has 0 aromatic rings. The van der Waals surface area contributed by atoms with Crippen LogP contribution in [0.5, 0.6) is 0 Å². The molecular formula is C18H36MgN2O4. The van der Waals surface area contributed by atoms with Gasteiger partial charge in [0.05, 0.1) is 11.9 Å². The molecule has 2 unspecified atom stereocenters. The van der Waals surface area contributed by atoms with E-state index in [2.05, 4.69) is 13.8 Å². The molecule has 0 bridgehead atoms. The van der Waals surface area contributed by atoms with Crippen molar-refractivity contribution < 1.29 is 19.8 Å². The average Bonchev–Trinajstić information content (AvgIpc) is 2.54. The number of unbranched alkanes of at least 4 members (excludes halogenated alkanes) is 8. The van der Waals surface area contributed by atoms with Crippen molar-refractivity contribution in [2.45, 2.75) is 103 Å². The molecule has 0 aliphatic heterocycles. The molecule has 0 aliphatic rings. The van der Waals surface area contributed by atoms with Crippen molar-refractivity contribution in [2.24, 2.45) is 11.5 Å². The minimum atomic E-state index is -1.13. The zero-order valence-corrected chi connectivity index (χ0v) is 17.5. The topological polar surface area (TPSA) is 132 Å². The molecule has 0 aliphatic carbocycles. The van der Waals surface area contributed by atoms with Crippen LogP contribution in [-0.4, -0.2) is 47.1 Å². The van der Waals surface area contributed by atoms with Gasteiger partial charge in [0.2, 0.25) is 0 Å². The second-order valence-electron chi connectivity index (χ2n) is 6.26. The molecule has 0 fully saturated rings. The first kappa shape index (κ1) is 29.4. The molecule has 0 rings (SSSR count). The Hall–Kier alpha value is -0.374. The molecule has 6 nitrogen and oxygen atoms in total. The van der Waals surface area contributed by atoms with E-state index in [1.807, 2.05) is 0 Å². The van der Waals surface area contributed by atoms with Crippen LogP contribution in [0.2, 0.25) is 0 Å². The molecule has 0 amide bonds. The van der Waals surface area contributed by atoms with Crippen LogP contribution in [0.25, 0.3) is 0 Å². The van der Waals surface area contributed by atoms with Crippen molar-refractivity contribution in [1.29, 1.82) is 0 Å². The van der Waals surface area contributed by atoms with Gasteiger partial charge in [-0.2, -0.15) is 0 Å². The maximum absolute atomic E-state index is 10.2. The number of carboxylic acid groups (broad SMARTS) is 2. The summed E-state index contributed by atoms with van der Waals surface area (Å²) in [5, 5.41) is 20.4. The third-order valence-corrected chi connectivity index (χ3v) is 3.84. The number of hydrogen-bond acceptors (Lipinski definition) is 6. The first-order chi connectivity index (χ1) is 11.4. The Kier molecular flexibility index (Phi) is 25.5. The molecule has 0 aromatic heterocycles. The molecule has 0 radical (unpaired) electrons. The van der Waals surface area contributed by atoms with E-state index < -0.39 is 24.0 Å². The van der Waals surface area contributed by atoms with Gasteiger partial charge in [0.1, 0.15) is 0 Å². The third-order valence-electron chi connectivity index (χ3n) is 3.84. The minimum absolute atomic E-state index is 0. The summed E-state index contributed by atoms with van der Waals surface area (Å²) in [5.74, 6) is -2.27. The van der Waals surface area contributed by atoms with Crippen molar-refractivity contribution in [3.63, 3.8) is 0 Å². The van der Waals surface area contributed by atoms with E-state index in [0.29, 0.717) is 12.8 Å². The standard InChI is InChI=1S/2C9H19NO2.Mg/c2*1-2-3-4-5-6-7-8(10)9(11)12;/h2*8H,2-7,10H2,1H3,(H,11,12);/q;;+2/p-2. The van der Waals surface area contributed by atoms with Crippen molar-refractivity contribution in [2.75, 3.05) is 0 Å². The predicted molar refractivity (Wildman–Crippen MR) is 98.5 cm³/mol. The van der Waals surface area contributed by atoms with Gasteiger partial charge in [-0.3, -0.25) is 0 Å². The SMILES string of the molecule is CCCCCCCC(N)C(=O)[O-].CCCCCCCC(N)C(=O)[O-].[Mg+2]. The van der Waals surface area contributed by atoms with E-state index in [9.17, 15) is 19.8 Å². The summed E-state index contributed by atoms with van der Waals surface area (Å²) in [7, 11) is 0. The zero-order valence-electron chi connectivity index (χ0n) is 16.1. The first-order valence-corrected chi connectivity index (χ1v) is 9.29. The van der Waals surface area contributed by atoms with Crippen LogP contribution in [0.3, 0.4) is 0 Å². The molecule has 0 spiro atoms. The number of carbonyl (C=O) groups is 2. The summed E-state index contributed by atoms with van der Waals surface area (Å²) in [6, 6.07) is -1.54. The molecule has 144 valence electrons. The summed E-state index contributed by atoms with van der Waals surface area (Å²) in [5.41, 5.74) is 10.5. The first-order valence-electron chi connectivity index (χ1n) is 9.29. The number of carboxylic acids is 2. The average molecular weight is 369 g/mol. The van der Waals surface area contributed by atoms with E-state index >= 15 is 0 Å². The van der Waals surface area contributed by atoms with Crippen molar-refractivity contribution >= 4 is 35.0 Å². The van der Waals surface area contributed by atoms with Crippen LogP contribution in [0.4, 0.5) is 0 Å². The Morgan fingerprint density at radius 2 is 0.960 bits per heavy atom. The molecule has 2 atom stereocenters. The second kappa shape index (κ2) is 21.7. The molecule has 0 saturated carbocycles. The molecule has 0 heterocycles. The van der Waals surface area contributed by atoms with Gasteiger partial charge < -0.3 is 31.3 Å². The van der Waals surface area contributed by atoms with E-state index in [1.165, 1.54) is 38.5 Å². The number of carbonyl (C=O) groups excluding carboxylic acids is 2. The van der Waals surface area contributed by atoms with E-state index in [-0.39, 0.29) is 23.1 Å². The fourth-order valence-corrected chi connectivity index (χ4v) is 2.17. The molecule has 0 saturated heterocycles. The van der Waals surface area contributed by atoms with Crippen LogP contribution in [0, 0.1) is 0 Å². The Balaban J connectivity index is -0.000000372. The Morgan fingerprint density at radius 3 is 1.20 bits per heavy atom. The van der Waals surface area contributed by atoms with Gasteiger partial charge in [0, 0.05) is 12.1 Å². The summed E-state index contributed by atoms with van der Waals surface area (Å²) < 4.78 is 0. The Morgan fingerprint density at radius 1 is 0.680 bits per heavy atom. The fourth-order valence-electron chi connectivity index (χ4n) is 2.17. The minimum Gasteiger partial charge on any atom is -0.548 e. The Bertz CT molecular complexity index is 287. The maximum Gasteiger partial charge on any atom is 2.00 e. The third kappa shape index (κ3) is 23.6. The number of nitrogens with two attached hydrogens (primary N) is 2. The van der Waals surface area contributed by atoms with Gasteiger partial charge in [0.15, 0.2) is 0 Å². The van der Waals surface area contributed by atoms with Gasteiger partial charge >= 0.3 is 23.1 Å². The monoisotopic (exact) mass is 368 g/mol. The molecule has 0 aromatic carbocycles. The zero-order chi connectivity index (χ0) is 18.8. The largest absolute Gasteiger partial charge is 2.00 e. The maximum atomic E-state index is 10.2. The van der Waals surface area contributed by atoms with E-state index in [1.54, 1.807) is 0 Å². The number of hydrogen-bond donors (Lipinski definition) is 2. The van der Waals surface area contributed by atoms with Crippen molar-refractivity contribution in [3.05, 3.63) is 0 Å². The van der Waals surface area contributed by atoms with Crippen LogP contribution < -0.4 is 21.7 Å². The van der Waals surface area contributed by atoms with Gasteiger partial charge in [-0.05, 0) is 12.8 Å². The molecular weight excluding hydrogens is 333 g/mol. The summed E-state index contributed by atoms with van der Waals surface area (Å²) in [6.07, 6.45) is 12.2. The summed E-state index contributed by atoms with van der Waals surface area (Å²) >= 11 is 0. The van der Waals surface area contributed by atoms with Crippen LogP contribution >= 0.6 is 0 Å². The predicted octanol–water partition coefficient (Wildman–Crippen LogP) is 0.467. The van der Waals surface area contributed by atoms with Gasteiger partial charge in [0.25, 0.3) is 0 Å². The van der Waals surface area contributed by atoms with Crippen molar-refractivity contribution in [1.82, 2.24) is 0 Å². The summed E-state index contributed by atoms with van der Waals surface area (Å²) in [4.78, 5) is 20.4. The van der Waals surface area contributed by atoms with Gasteiger partial charge in [-0.15, -0.1) is 0 Å². The summed E-state index contributed by atoms with van der Waals surface area (Å²) in [6.45, 7) is 4.29. The van der Waals surface area contributed by atoms with Crippen molar-refractivity contribution in [3.8, 4) is 0 Å². The Labute approximate surface area is 169 Å². The number of aliphatic carboxylic acids is 2. The number of rotatable bonds is 14.